The van der Waals surface area contributed by atoms with Gasteiger partial charge in [-0.25, -0.2) is 15.0 Å². The fraction of sp³-hybridized carbons (Fsp3) is 0. The van der Waals surface area contributed by atoms with Crippen LogP contribution in [0.2, 0.25) is 0 Å². The van der Waals surface area contributed by atoms with Gasteiger partial charge in [0.15, 0.2) is 17.5 Å². The van der Waals surface area contributed by atoms with Crippen LogP contribution in [-0.2, 0) is 0 Å². The number of fused-ring (bicyclic) bond motifs is 6. The van der Waals surface area contributed by atoms with Gasteiger partial charge in [-0.2, -0.15) is 0 Å². The average Bonchev–Trinajstić information content (AvgIpc) is 4.23. The fourth-order valence-corrected chi connectivity index (χ4v) is 7.17. The lowest BCUT2D eigenvalue weighted by Gasteiger charge is -2.13. The predicted octanol–water partition coefficient (Wildman–Crippen LogP) is 12.9. The first-order chi connectivity index (χ1) is 36.0. The van der Waals surface area contributed by atoms with Crippen LogP contribution in [0.5, 0.6) is 0 Å². The monoisotopic (exact) mass is 700 g/mol. The van der Waals surface area contributed by atoms with Crippen molar-refractivity contribution >= 4 is 63.0 Å². The van der Waals surface area contributed by atoms with Crippen molar-refractivity contribution < 1.29 is 37.0 Å². The third-order valence-electron chi connectivity index (χ3n) is 7.39. The molecule has 3 nitrogen and oxygen atoms in total. The van der Waals surface area contributed by atoms with Gasteiger partial charge in [-0.05, 0) is 64.6 Å². The molecule has 0 aliphatic rings. The molecule has 3 aromatic heterocycles. The molecule has 0 atom stereocenters. The maximum absolute atomic E-state index is 10.0. The minimum absolute atomic E-state index is 0.122. The largest absolute Gasteiger partial charge is 0.208 e. The molecule has 0 fully saturated rings. The molecule has 0 saturated heterocycles. The summed E-state index contributed by atoms with van der Waals surface area (Å²) in [6, 6.07) is -22.2. The van der Waals surface area contributed by atoms with E-state index >= 15 is 0 Å². The van der Waals surface area contributed by atoms with Crippen molar-refractivity contribution in [2.24, 2.45) is 0 Å². The van der Waals surface area contributed by atoms with Crippen molar-refractivity contribution in [3.05, 3.63) is 163 Å². The Morgan fingerprint density at radius 1 is 0.340 bits per heavy atom. The van der Waals surface area contributed by atoms with E-state index < -0.39 is 220 Å². The summed E-state index contributed by atoms with van der Waals surface area (Å²) in [6.45, 7) is 0. The summed E-state index contributed by atoms with van der Waals surface area (Å²) in [5.41, 5.74) is -5.37. The Labute approximate surface area is 334 Å². The number of hydrogen-bond donors (Lipinski definition) is 0. The minimum Gasteiger partial charge on any atom is -0.208 e. The maximum Gasteiger partial charge on any atom is 0.164 e. The van der Waals surface area contributed by atoms with Crippen LogP contribution < -0.4 is 0 Å². The SMILES string of the molecule is [2H]c1c([2H])c([2H])c(-c2nc(-c3c([2H])c([2H])c([2H])c([2H])c3[2H])nc(-c3c([2H])c(-c4c([2H])c([2H])c5c(sc6c([2H])c([2H])c([2H])c([2H])c65)c4[2H])c([2H])c(-c4c([2H])c([2H])c([2H])c5sc6c([2H])c([2H])c([2H])c([2H])c6c45)c3[2H])n2)c([2H])c1[2H]. The van der Waals surface area contributed by atoms with Crippen LogP contribution in [0.3, 0.4) is 0 Å². The van der Waals surface area contributed by atoms with Crippen LogP contribution in [-0.4, -0.2) is 15.0 Å². The topological polar surface area (TPSA) is 38.7 Å². The number of thiophene rings is 2. The first kappa shape index (κ1) is 12.7. The number of hydrogen-bond acceptors (Lipinski definition) is 5. The Hall–Kier alpha value is -6.01. The molecule has 0 N–H and O–H groups in total. The van der Waals surface area contributed by atoms with Gasteiger partial charge >= 0.3 is 0 Å². The van der Waals surface area contributed by atoms with Gasteiger partial charge in [0.1, 0.15) is 0 Å². The van der Waals surface area contributed by atoms with Gasteiger partial charge < -0.3 is 0 Å². The summed E-state index contributed by atoms with van der Waals surface area (Å²) in [7, 11) is 0. The van der Waals surface area contributed by atoms with Gasteiger partial charge in [0.2, 0.25) is 0 Å². The Kier molecular flexibility index (Phi) is 3.01. The molecule has 5 heteroatoms. The van der Waals surface area contributed by atoms with E-state index in [9.17, 15) is 9.60 Å². The van der Waals surface area contributed by atoms with Crippen molar-refractivity contribution in [2.45, 2.75) is 0 Å². The number of benzene rings is 7. The van der Waals surface area contributed by atoms with Gasteiger partial charge in [-0.15, -0.1) is 22.7 Å². The maximum atomic E-state index is 10.0. The lowest BCUT2D eigenvalue weighted by molar-refractivity contribution is 1.07. The molecule has 10 rings (SSSR count). The van der Waals surface area contributed by atoms with Crippen LogP contribution >= 0.6 is 22.7 Å². The van der Waals surface area contributed by atoms with E-state index in [2.05, 4.69) is 15.0 Å². The van der Waals surface area contributed by atoms with Gasteiger partial charge in [0, 0.05) is 57.0 Å². The van der Waals surface area contributed by atoms with Gasteiger partial charge in [-0.1, -0.05) is 121 Å². The molecular formula is C45H27N3S2. The summed E-state index contributed by atoms with van der Waals surface area (Å²) in [6.07, 6.45) is 0. The molecular weight excluding hydrogens is 647 g/mol. The second kappa shape index (κ2) is 11.8. The molecule has 0 spiro atoms. The molecule has 0 aliphatic heterocycles. The molecule has 0 aliphatic carbocycles. The lowest BCUT2D eigenvalue weighted by atomic mass is 9.93. The standard InChI is InChI=1S/C45H27N3S2/c1-3-12-28(13-4-1)43-46-44(29-14-5-2-6-15-29)48-45(47-43)33-25-31(30-22-23-36-35-16-7-9-19-38(35)50-41(36)27-30)24-32(26-33)34-18-11-21-40-42(34)37-17-8-10-20-39(37)49-40/h1-27H/i1D,2D,3D,4D,5D,6D,7D,8D,9D,10D,11D,12D,13D,14D,15D,16D,17D,18D,19D,20D,21D,22D,23D,24D,25D,26D,27D. The van der Waals surface area contributed by atoms with Crippen LogP contribution in [0.25, 0.3) is 96.8 Å². The lowest BCUT2D eigenvalue weighted by Crippen LogP contribution is -2.00. The predicted molar refractivity (Wildman–Crippen MR) is 213 cm³/mol. The van der Waals surface area contributed by atoms with Crippen LogP contribution in [0.1, 0.15) is 37.0 Å². The molecule has 0 unspecified atom stereocenters. The third kappa shape index (κ3) is 4.98. The zero-order chi connectivity index (χ0) is 56.5. The van der Waals surface area contributed by atoms with Gasteiger partial charge in [0.25, 0.3) is 0 Å². The summed E-state index contributed by atoms with van der Waals surface area (Å²) in [5, 5.41) is -1.15. The number of rotatable bonds is 5. The molecule has 234 valence electrons. The fourth-order valence-electron chi connectivity index (χ4n) is 5.24. The van der Waals surface area contributed by atoms with E-state index in [1.54, 1.807) is 0 Å². The van der Waals surface area contributed by atoms with E-state index in [-0.39, 0.29) is 40.3 Å². The minimum atomic E-state index is -1.04. The molecule has 0 saturated carbocycles. The summed E-state index contributed by atoms with van der Waals surface area (Å²) < 4.78 is 240. The second-order valence-corrected chi connectivity index (χ2v) is 12.4. The van der Waals surface area contributed by atoms with Crippen LogP contribution in [0, 0.1) is 0 Å². The highest BCUT2D eigenvalue weighted by molar-refractivity contribution is 7.26. The highest BCUT2D eigenvalue weighted by Crippen LogP contribution is 2.43. The first-order valence-electron chi connectivity index (χ1n) is 27.9. The van der Waals surface area contributed by atoms with Gasteiger partial charge in [-0.3, -0.25) is 0 Å². The Bertz CT molecular complexity index is 4290. The molecule has 0 radical (unpaired) electrons. The van der Waals surface area contributed by atoms with E-state index in [1.165, 1.54) is 0 Å². The van der Waals surface area contributed by atoms with Crippen molar-refractivity contribution in [3.63, 3.8) is 0 Å². The number of nitrogens with zero attached hydrogens (tertiary/aromatic N) is 3. The van der Waals surface area contributed by atoms with E-state index in [1.807, 2.05) is 0 Å². The Balaban J connectivity index is 1.47. The smallest absolute Gasteiger partial charge is 0.164 e. The average molecular weight is 701 g/mol. The molecule has 0 amide bonds. The van der Waals surface area contributed by atoms with Crippen molar-refractivity contribution in [2.75, 3.05) is 0 Å². The summed E-state index contributed by atoms with van der Waals surface area (Å²) >= 11 is 1.26. The highest BCUT2D eigenvalue weighted by Gasteiger charge is 2.17. The van der Waals surface area contributed by atoms with Crippen LogP contribution in [0.15, 0.2) is 163 Å². The normalized spacial score (nSPS) is 19.2. The first-order valence-corrected chi connectivity index (χ1v) is 16.0. The molecule has 0 bridgehead atoms. The van der Waals surface area contributed by atoms with E-state index in [0.29, 0.717) is 22.7 Å². The second-order valence-electron chi connectivity index (χ2n) is 10.3. The van der Waals surface area contributed by atoms with Gasteiger partial charge in [0.05, 0.1) is 37.0 Å². The Morgan fingerprint density at radius 3 is 1.58 bits per heavy atom. The molecule has 50 heavy (non-hydrogen) atoms. The summed E-state index contributed by atoms with van der Waals surface area (Å²) in [5.74, 6) is -2.65. The van der Waals surface area contributed by atoms with E-state index in [0.717, 1.165) is 0 Å². The quantitative estimate of drug-likeness (QED) is 0.179. The zero-order valence-corrected chi connectivity index (χ0v) is 26.3. The molecule has 3 heterocycles. The van der Waals surface area contributed by atoms with Crippen molar-refractivity contribution in [1.82, 2.24) is 15.0 Å². The molecule has 10 aromatic rings. The zero-order valence-electron chi connectivity index (χ0n) is 51.7. The molecule has 7 aromatic carbocycles. The van der Waals surface area contributed by atoms with Crippen molar-refractivity contribution in [1.29, 1.82) is 0 Å². The Morgan fingerprint density at radius 2 is 0.860 bits per heavy atom. The van der Waals surface area contributed by atoms with Crippen LogP contribution in [0.4, 0.5) is 0 Å². The van der Waals surface area contributed by atoms with Crippen molar-refractivity contribution in [3.8, 4) is 56.4 Å². The van der Waals surface area contributed by atoms with E-state index in [4.69, 9.17) is 27.4 Å². The number of aromatic nitrogens is 3. The third-order valence-corrected chi connectivity index (χ3v) is 9.43. The summed E-state index contributed by atoms with van der Waals surface area (Å²) in [4.78, 5) is 13.0. The highest BCUT2D eigenvalue weighted by atomic mass is 32.1.